The van der Waals surface area contributed by atoms with Crippen LogP contribution in [0.15, 0.2) is 29.2 Å². The van der Waals surface area contributed by atoms with Crippen LogP contribution < -0.4 is 10.6 Å². The fraction of sp³-hybridized carbons (Fsp3) is 0.500. The highest BCUT2D eigenvalue weighted by Gasteiger charge is 2.20. The summed E-state index contributed by atoms with van der Waals surface area (Å²) in [6.45, 7) is 7.23. The molecule has 1 rings (SSSR count). The third-order valence-corrected chi connectivity index (χ3v) is 4.95. The highest BCUT2D eigenvalue weighted by Crippen LogP contribution is 2.15. The van der Waals surface area contributed by atoms with Crippen molar-refractivity contribution in [2.24, 2.45) is 5.41 Å². The van der Waals surface area contributed by atoms with Crippen LogP contribution in [-0.2, 0) is 19.4 Å². The normalized spacial score (nSPS) is 11.8. The summed E-state index contributed by atoms with van der Waals surface area (Å²) < 4.78 is 23.4. The smallest absolute Gasteiger partial charge is 0.226 e. The van der Waals surface area contributed by atoms with Crippen LogP contribution in [0.1, 0.15) is 34.1 Å². The first kappa shape index (κ1) is 19.2. The van der Waals surface area contributed by atoms with Crippen LogP contribution in [0.25, 0.3) is 0 Å². The summed E-state index contributed by atoms with van der Waals surface area (Å²) in [7, 11) is -3.24. The summed E-state index contributed by atoms with van der Waals surface area (Å²) in [5.74, 6) is -0.323. The third kappa shape index (κ3) is 6.02. The molecule has 6 nitrogen and oxygen atoms in total. The molecule has 0 aliphatic heterocycles. The molecule has 0 aliphatic rings. The minimum atomic E-state index is -3.24. The Hall–Kier alpha value is -1.89. The highest BCUT2D eigenvalue weighted by atomic mass is 32.2. The molecule has 0 radical (unpaired) electrons. The lowest BCUT2D eigenvalue weighted by Gasteiger charge is -2.17. The first-order valence-electron chi connectivity index (χ1n) is 7.47. The molecule has 0 saturated carbocycles. The first-order valence-corrected chi connectivity index (χ1v) is 9.12. The SMILES string of the molecule is CCS(=O)(=O)c1ccc(NC(=O)CCNC(=O)C(C)(C)C)cc1. The number of anilines is 1. The van der Waals surface area contributed by atoms with Gasteiger partial charge in [-0.2, -0.15) is 0 Å². The molecule has 7 heteroatoms. The van der Waals surface area contributed by atoms with E-state index in [2.05, 4.69) is 10.6 Å². The minimum absolute atomic E-state index is 0.0339. The van der Waals surface area contributed by atoms with E-state index in [9.17, 15) is 18.0 Å². The molecular formula is C16H24N2O4S. The molecule has 128 valence electrons. The van der Waals surface area contributed by atoms with Crippen molar-refractivity contribution in [3.05, 3.63) is 24.3 Å². The summed E-state index contributed by atoms with van der Waals surface area (Å²) in [6.07, 6.45) is 0.150. The topological polar surface area (TPSA) is 92.3 Å². The standard InChI is InChI=1S/C16H24N2O4S/c1-5-23(21,22)13-8-6-12(7-9-13)18-14(19)10-11-17-15(20)16(2,3)4/h6-9H,5,10-11H2,1-4H3,(H,17,20)(H,18,19). The van der Waals surface area contributed by atoms with E-state index in [0.717, 1.165) is 0 Å². The van der Waals surface area contributed by atoms with Crippen molar-refractivity contribution in [1.29, 1.82) is 0 Å². The first-order chi connectivity index (χ1) is 10.6. The van der Waals surface area contributed by atoms with Crippen molar-refractivity contribution < 1.29 is 18.0 Å². The maximum Gasteiger partial charge on any atom is 0.226 e. The van der Waals surface area contributed by atoms with Gasteiger partial charge in [-0.05, 0) is 24.3 Å². The van der Waals surface area contributed by atoms with Gasteiger partial charge in [-0.3, -0.25) is 9.59 Å². The summed E-state index contributed by atoms with van der Waals surface area (Å²) in [5, 5.41) is 5.36. The van der Waals surface area contributed by atoms with Crippen molar-refractivity contribution in [2.45, 2.75) is 39.0 Å². The van der Waals surface area contributed by atoms with Gasteiger partial charge in [0.15, 0.2) is 9.84 Å². The van der Waals surface area contributed by atoms with Crippen molar-refractivity contribution in [2.75, 3.05) is 17.6 Å². The van der Waals surface area contributed by atoms with E-state index in [-0.39, 0.29) is 35.4 Å². The Morgan fingerprint density at radius 3 is 2.13 bits per heavy atom. The van der Waals surface area contributed by atoms with Gasteiger partial charge < -0.3 is 10.6 Å². The average molecular weight is 340 g/mol. The van der Waals surface area contributed by atoms with Gasteiger partial charge in [0.25, 0.3) is 0 Å². The van der Waals surface area contributed by atoms with Crippen LogP contribution in [0.3, 0.4) is 0 Å². The van der Waals surface area contributed by atoms with Crippen molar-refractivity contribution >= 4 is 27.3 Å². The number of benzene rings is 1. The number of sulfone groups is 1. The van der Waals surface area contributed by atoms with Gasteiger partial charge >= 0.3 is 0 Å². The van der Waals surface area contributed by atoms with E-state index in [0.29, 0.717) is 5.69 Å². The van der Waals surface area contributed by atoms with Gasteiger partial charge in [-0.25, -0.2) is 8.42 Å². The minimum Gasteiger partial charge on any atom is -0.355 e. The van der Waals surface area contributed by atoms with Gasteiger partial charge in [0.2, 0.25) is 11.8 Å². The summed E-state index contributed by atoms with van der Waals surface area (Å²) in [4.78, 5) is 23.7. The number of nitrogens with one attached hydrogen (secondary N) is 2. The van der Waals surface area contributed by atoms with Crippen LogP contribution >= 0.6 is 0 Å². The number of carbonyl (C=O) groups excluding carboxylic acids is 2. The molecule has 1 aromatic carbocycles. The van der Waals surface area contributed by atoms with Gasteiger partial charge in [-0.15, -0.1) is 0 Å². The van der Waals surface area contributed by atoms with Crippen LogP contribution in [0, 0.1) is 5.41 Å². The Morgan fingerprint density at radius 1 is 1.09 bits per heavy atom. The lowest BCUT2D eigenvalue weighted by Crippen LogP contribution is -2.36. The Labute approximate surface area is 137 Å². The maximum absolute atomic E-state index is 11.8. The van der Waals surface area contributed by atoms with E-state index in [1.165, 1.54) is 12.1 Å². The second kappa shape index (κ2) is 7.59. The van der Waals surface area contributed by atoms with Gasteiger partial charge in [0.05, 0.1) is 10.6 Å². The van der Waals surface area contributed by atoms with Crippen molar-refractivity contribution in [3.8, 4) is 0 Å². The van der Waals surface area contributed by atoms with Crippen LogP contribution in [0.4, 0.5) is 5.69 Å². The van der Waals surface area contributed by atoms with E-state index in [1.807, 2.05) is 0 Å². The second-order valence-corrected chi connectivity index (χ2v) is 8.51. The predicted octanol–water partition coefficient (Wildman–Crippen LogP) is 1.97. The zero-order valence-electron chi connectivity index (χ0n) is 14.0. The molecule has 0 saturated heterocycles. The molecule has 2 N–H and O–H groups in total. The van der Waals surface area contributed by atoms with Gasteiger partial charge in [0.1, 0.15) is 0 Å². The van der Waals surface area contributed by atoms with Crippen LogP contribution in [-0.4, -0.2) is 32.5 Å². The Kier molecular flexibility index (Phi) is 6.32. The molecule has 0 fully saturated rings. The van der Waals surface area contributed by atoms with E-state index in [1.54, 1.807) is 39.8 Å². The van der Waals surface area contributed by atoms with E-state index in [4.69, 9.17) is 0 Å². The molecule has 23 heavy (non-hydrogen) atoms. The number of carbonyl (C=O) groups is 2. The second-order valence-electron chi connectivity index (χ2n) is 6.23. The van der Waals surface area contributed by atoms with Crippen molar-refractivity contribution in [1.82, 2.24) is 5.32 Å². The molecule has 0 spiro atoms. The Morgan fingerprint density at radius 2 is 1.65 bits per heavy atom. The third-order valence-electron chi connectivity index (χ3n) is 3.20. The summed E-state index contributed by atoms with van der Waals surface area (Å²) in [5.41, 5.74) is 0.0315. The monoisotopic (exact) mass is 340 g/mol. The highest BCUT2D eigenvalue weighted by molar-refractivity contribution is 7.91. The largest absolute Gasteiger partial charge is 0.355 e. The molecule has 0 unspecified atom stereocenters. The summed E-state index contributed by atoms with van der Waals surface area (Å²) in [6, 6.07) is 6.04. The maximum atomic E-state index is 11.8. The molecule has 2 amide bonds. The van der Waals surface area contributed by atoms with Crippen LogP contribution in [0.2, 0.25) is 0 Å². The van der Waals surface area contributed by atoms with Gasteiger partial charge in [-0.1, -0.05) is 27.7 Å². The quantitative estimate of drug-likeness (QED) is 0.828. The number of amides is 2. The van der Waals surface area contributed by atoms with Gasteiger partial charge in [0, 0.05) is 24.1 Å². The Bertz CT molecular complexity index is 658. The zero-order valence-corrected chi connectivity index (χ0v) is 14.8. The molecule has 0 atom stereocenters. The fourth-order valence-corrected chi connectivity index (χ4v) is 2.57. The van der Waals surface area contributed by atoms with Crippen molar-refractivity contribution in [3.63, 3.8) is 0 Å². The lowest BCUT2D eigenvalue weighted by atomic mass is 9.96. The Balaban J connectivity index is 2.51. The molecule has 0 bridgehead atoms. The molecule has 0 aliphatic carbocycles. The lowest BCUT2D eigenvalue weighted by molar-refractivity contribution is -0.128. The average Bonchev–Trinajstić information content (AvgIpc) is 2.46. The predicted molar refractivity (Wildman–Crippen MR) is 89.9 cm³/mol. The molecule has 0 heterocycles. The molecule has 0 aromatic heterocycles. The molecule has 1 aromatic rings. The summed E-state index contributed by atoms with van der Waals surface area (Å²) >= 11 is 0. The van der Waals surface area contributed by atoms with Crippen LogP contribution in [0.5, 0.6) is 0 Å². The zero-order chi connectivity index (χ0) is 17.7. The molecular weight excluding hydrogens is 316 g/mol. The van der Waals surface area contributed by atoms with E-state index >= 15 is 0 Å². The number of hydrogen-bond donors (Lipinski definition) is 2. The number of hydrogen-bond acceptors (Lipinski definition) is 4. The fourth-order valence-electron chi connectivity index (χ4n) is 1.69. The van der Waals surface area contributed by atoms with E-state index < -0.39 is 15.3 Å². The number of rotatable bonds is 6.